The lowest BCUT2D eigenvalue weighted by Gasteiger charge is -2.25. The zero-order valence-electron chi connectivity index (χ0n) is 9.38. The van der Waals surface area contributed by atoms with Crippen molar-refractivity contribution in [3.8, 4) is 5.88 Å². The van der Waals surface area contributed by atoms with Crippen LogP contribution in [0.25, 0.3) is 0 Å². The van der Waals surface area contributed by atoms with Crippen LogP contribution in [0.3, 0.4) is 0 Å². The third-order valence-corrected chi connectivity index (χ3v) is 2.94. The Morgan fingerprint density at radius 2 is 2.20 bits per heavy atom. The number of halogens is 1. The number of methoxy groups -OCH3 is 1. The SMILES string of the molecule is COc1ncc(Br)cc1C(C)(C)CCN. The van der Waals surface area contributed by atoms with Crippen LogP contribution in [0, 0.1) is 0 Å². The number of hydrogen-bond acceptors (Lipinski definition) is 3. The molecule has 0 saturated carbocycles. The van der Waals surface area contributed by atoms with Crippen LogP contribution in [0.5, 0.6) is 5.88 Å². The van der Waals surface area contributed by atoms with Crippen LogP contribution >= 0.6 is 15.9 Å². The summed E-state index contributed by atoms with van der Waals surface area (Å²) in [6.07, 6.45) is 2.64. The van der Waals surface area contributed by atoms with Crippen molar-refractivity contribution in [2.45, 2.75) is 25.7 Å². The summed E-state index contributed by atoms with van der Waals surface area (Å²) >= 11 is 3.42. The molecular weight excluding hydrogens is 256 g/mol. The molecule has 0 aromatic carbocycles. The van der Waals surface area contributed by atoms with Crippen molar-refractivity contribution in [2.24, 2.45) is 5.73 Å². The minimum Gasteiger partial charge on any atom is -0.481 e. The summed E-state index contributed by atoms with van der Waals surface area (Å²) in [5, 5.41) is 0. The summed E-state index contributed by atoms with van der Waals surface area (Å²) in [7, 11) is 1.64. The average Bonchev–Trinajstić information content (AvgIpc) is 2.17. The van der Waals surface area contributed by atoms with Crippen molar-refractivity contribution >= 4 is 15.9 Å². The molecule has 1 aromatic heterocycles. The standard InChI is InChI=1S/C11H17BrN2O/c1-11(2,4-5-13)9-6-8(12)7-14-10(9)15-3/h6-7H,4-5,13H2,1-3H3. The first-order valence-electron chi connectivity index (χ1n) is 4.91. The highest BCUT2D eigenvalue weighted by Gasteiger charge is 2.24. The Balaban J connectivity index is 3.15. The van der Waals surface area contributed by atoms with Gasteiger partial charge in [0, 0.05) is 16.2 Å². The van der Waals surface area contributed by atoms with Gasteiger partial charge in [-0.1, -0.05) is 13.8 Å². The third-order valence-electron chi connectivity index (χ3n) is 2.51. The summed E-state index contributed by atoms with van der Waals surface area (Å²) < 4.78 is 6.22. The summed E-state index contributed by atoms with van der Waals surface area (Å²) in [5.74, 6) is 0.677. The molecular formula is C11H17BrN2O. The van der Waals surface area contributed by atoms with Crippen molar-refractivity contribution < 1.29 is 4.74 Å². The highest BCUT2D eigenvalue weighted by atomic mass is 79.9. The first-order valence-corrected chi connectivity index (χ1v) is 5.70. The van der Waals surface area contributed by atoms with Crippen molar-refractivity contribution in [1.29, 1.82) is 0 Å². The summed E-state index contributed by atoms with van der Waals surface area (Å²) in [4.78, 5) is 4.24. The average molecular weight is 273 g/mol. The van der Waals surface area contributed by atoms with Gasteiger partial charge in [0.25, 0.3) is 0 Å². The normalized spacial score (nSPS) is 11.5. The maximum atomic E-state index is 5.61. The van der Waals surface area contributed by atoms with Crippen LogP contribution in [-0.4, -0.2) is 18.6 Å². The number of nitrogens with zero attached hydrogens (tertiary/aromatic N) is 1. The highest BCUT2D eigenvalue weighted by Crippen LogP contribution is 2.34. The van der Waals surface area contributed by atoms with E-state index in [2.05, 4.69) is 34.8 Å². The maximum Gasteiger partial charge on any atom is 0.216 e. The number of ether oxygens (including phenoxy) is 1. The summed E-state index contributed by atoms with van der Waals surface area (Å²) in [5.41, 5.74) is 6.68. The Labute approximate surface area is 99.2 Å². The molecule has 0 aliphatic heterocycles. The van der Waals surface area contributed by atoms with E-state index in [1.807, 2.05) is 6.07 Å². The van der Waals surface area contributed by atoms with Gasteiger partial charge in [0.15, 0.2) is 0 Å². The molecule has 0 bridgehead atoms. The van der Waals surface area contributed by atoms with Gasteiger partial charge in [-0.3, -0.25) is 0 Å². The van der Waals surface area contributed by atoms with Crippen molar-refractivity contribution in [1.82, 2.24) is 4.98 Å². The van der Waals surface area contributed by atoms with Crippen LogP contribution < -0.4 is 10.5 Å². The number of rotatable bonds is 4. The zero-order valence-corrected chi connectivity index (χ0v) is 11.0. The van der Waals surface area contributed by atoms with Gasteiger partial charge in [-0.05, 0) is 40.4 Å². The lowest BCUT2D eigenvalue weighted by atomic mass is 9.82. The topological polar surface area (TPSA) is 48.1 Å². The Hall–Kier alpha value is -0.610. The van der Waals surface area contributed by atoms with Gasteiger partial charge in [-0.15, -0.1) is 0 Å². The van der Waals surface area contributed by atoms with Gasteiger partial charge in [0.05, 0.1) is 7.11 Å². The van der Waals surface area contributed by atoms with Gasteiger partial charge in [-0.25, -0.2) is 4.98 Å². The molecule has 0 aliphatic rings. The van der Waals surface area contributed by atoms with E-state index in [0.29, 0.717) is 12.4 Å². The molecule has 1 heterocycles. The van der Waals surface area contributed by atoms with Gasteiger partial charge < -0.3 is 10.5 Å². The van der Waals surface area contributed by atoms with Crippen molar-refractivity contribution in [3.63, 3.8) is 0 Å². The number of hydrogen-bond donors (Lipinski definition) is 1. The second-order valence-electron chi connectivity index (χ2n) is 4.13. The lowest BCUT2D eigenvalue weighted by molar-refractivity contribution is 0.371. The molecule has 4 heteroatoms. The minimum absolute atomic E-state index is 0.0170. The van der Waals surface area contributed by atoms with Crippen LogP contribution in [0.15, 0.2) is 16.7 Å². The Morgan fingerprint density at radius 3 is 2.73 bits per heavy atom. The molecule has 0 fully saturated rings. The molecule has 1 rings (SSSR count). The molecule has 1 aromatic rings. The first-order chi connectivity index (χ1) is 7.01. The quantitative estimate of drug-likeness (QED) is 0.916. The molecule has 0 radical (unpaired) electrons. The molecule has 0 unspecified atom stereocenters. The zero-order chi connectivity index (χ0) is 11.5. The molecule has 0 saturated heterocycles. The van der Waals surface area contributed by atoms with Crippen LogP contribution in [0.2, 0.25) is 0 Å². The second-order valence-corrected chi connectivity index (χ2v) is 5.05. The van der Waals surface area contributed by atoms with E-state index in [4.69, 9.17) is 10.5 Å². The van der Waals surface area contributed by atoms with E-state index < -0.39 is 0 Å². The summed E-state index contributed by atoms with van der Waals surface area (Å²) in [6, 6.07) is 2.04. The molecule has 0 aliphatic carbocycles. The van der Waals surface area contributed by atoms with Crippen molar-refractivity contribution in [2.75, 3.05) is 13.7 Å². The molecule has 3 nitrogen and oxygen atoms in total. The minimum atomic E-state index is -0.0170. The van der Waals surface area contributed by atoms with Gasteiger partial charge in [0.2, 0.25) is 5.88 Å². The fourth-order valence-corrected chi connectivity index (χ4v) is 1.90. The largest absolute Gasteiger partial charge is 0.481 e. The van der Waals surface area contributed by atoms with Gasteiger partial charge >= 0.3 is 0 Å². The number of aromatic nitrogens is 1. The second kappa shape index (κ2) is 4.94. The maximum absolute atomic E-state index is 5.61. The molecule has 84 valence electrons. The van der Waals surface area contributed by atoms with Gasteiger partial charge in [0.1, 0.15) is 0 Å². The Bertz CT molecular complexity index is 339. The number of pyridine rings is 1. The number of nitrogens with two attached hydrogens (primary N) is 1. The van der Waals surface area contributed by atoms with E-state index in [1.54, 1.807) is 13.3 Å². The molecule has 2 N–H and O–H groups in total. The fraction of sp³-hybridized carbons (Fsp3) is 0.545. The third kappa shape index (κ3) is 2.92. The van der Waals surface area contributed by atoms with E-state index in [9.17, 15) is 0 Å². The smallest absolute Gasteiger partial charge is 0.216 e. The van der Waals surface area contributed by atoms with Crippen LogP contribution in [0.1, 0.15) is 25.8 Å². The molecule has 0 atom stereocenters. The first kappa shape index (κ1) is 12.5. The fourth-order valence-electron chi connectivity index (χ4n) is 1.57. The van der Waals surface area contributed by atoms with Crippen LogP contribution in [-0.2, 0) is 5.41 Å². The van der Waals surface area contributed by atoms with E-state index in [-0.39, 0.29) is 5.41 Å². The predicted molar refractivity (Wildman–Crippen MR) is 65.2 cm³/mol. The van der Waals surface area contributed by atoms with Crippen molar-refractivity contribution in [3.05, 3.63) is 22.3 Å². The van der Waals surface area contributed by atoms with E-state index in [1.165, 1.54) is 0 Å². The molecule has 0 amide bonds. The molecule has 15 heavy (non-hydrogen) atoms. The Kier molecular flexibility index (Phi) is 4.11. The molecule has 0 spiro atoms. The van der Waals surface area contributed by atoms with Crippen LogP contribution in [0.4, 0.5) is 0 Å². The van der Waals surface area contributed by atoms with Gasteiger partial charge in [-0.2, -0.15) is 0 Å². The monoisotopic (exact) mass is 272 g/mol. The van der Waals surface area contributed by atoms with E-state index >= 15 is 0 Å². The summed E-state index contributed by atoms with van der Waals surface area (Å²) in [6.45, 7) is 4.94. The Morgan fingerprint density at radius 1 is 1.53 bits per heavy atom. The van der Waals surface area contributed by atoms with E-state index in [0.717, 1.165) is 16.5 Å². The highest BCUT2D eigenvalue weighted by molar-refractivity contribution is 9.10. The predicted octanol–water partition coefficient (Wildman–Crippen LogP) is 2.48. The lowest BCUT2D eigenvalue weighted by Crippen LogP contribution is -2.22.